The van der Waals surface area contributed by atoms with Gasteiger partial charge in [0, 0.05) is 5.92 Å². The Kier molecular flexibility index (Phi) is 16.9. The Hall–Kier alpha value is -5.06. The largest absolute Gasteiger partial charge is 0.486 e. The number of halogens is 2. The van der Waals surface area contributed by atoms with E-state index in [0.717, 1.165) is 48.3 Å². The molecule has 4 aliphatic carbocycles. The third-order valence-electron chi connectivity index (χ3n) is 18.6. The van der Waals surface area contributed by atoms with E-state index >= 15 is 0 Å². The van der Waals surface area contributed by atoms with Crippen molar-refractivity contribution in [1.82, 2.24) is 0 Å². The molecule has 0 aromatic heterocycles. The summed E-state index contributed by atoms with van der Waals surface area (Å²) in [6, 6.07) is 18.6. The average molecular weight is 1040 g/mol. The Bertz CT molecular complexity index is 2520. The fourth-order valence-electron chi connectivity index (χ4n) is 14.8. The van der Waals surface area contributed by atoms with Crippen LogP contribution in [0.25, 0.3) is 0 Å². The summed E-state index contributed by atoms with van der Waals surface area (Å²) in [5.74, 6) is 0.899. The van der Waals surface area contributed by atoms with Gasteiger partial charge in [-0.3, -0.25) is 0 Å². The molecular formula is C61H74Cl2O10. The van der Waals surface area contributed by atoms with Crippen LogP contribution in [0.5, 0.6) is 11.5 Å². The highest BCUT2D eigenvalue weighted by molar-refractivity contribution is 6.33. The van der Waals surface area contributed by atoms with Crippen LogP contribution in [0.4, 0.5) is 0 Å². The molecule has 73 heavy (non-hydrogen) atoms. The van der Waals surface area contributed by atoms with E-state index in [0.29, 0.717) is 51.3 Å². The number of carbonyl (C=O) groups is 4. The normalized spacial score (nSPS) is 25.9. The molecular weight excluding hydrogens is 964 g/mol. The van der Waals surface area contributed by atoms with Crippen LogP contribution in [0, 0.1) is 58.2 Å². The second kappa shape index (κ2) is 22.8. The number of aromatic carboxylic acids is 4. The number of ether oxygens (including phenoxy) is 2. The molecule has 0 heterocycles. The third kappa shape index (κ3) is 11.8. The predicted octanol–water partition coefficient (Wildman–Crippen LogP) is 16.0. The standard InChI is InChI=1S/C61H74Cl2O10/c1-35(2)8-6-9-36(3)49-22-23-50-46-21-20-44-28-37(24-26-60(44,4)51(46)25-27-61(49,50)5)10-7-11-45(42-29-47(58(68)69)54(52(62)31-42)72-33-38-12-16-40(17-13-38)56(64)65)43-30-48(59(70)71)55(53(63)32-43)73-34-39-14-18-41(19-15-39)57(66)67/h12-19,29-32,35-37,44-46,49-51H,6-11,20-28,33-34H2,1-5H3,(H,64,65)(H,66,67)(H,68,69)(H,70,71)/t36?,37-,44-,46-,49+,50-,51-,60-,61+/m0/s1. The van der Waals surface area contributed by atoms with E-state index < -0.39 is 29.8 Å². The highest BCUT2D eigenvalue weighted by Gasteiger charge is 2.60. The highest BCUT2D eigenvalue weighted by atomic mass is 35.5. The van der Waals surface area contributed by atoms with E-state index in [1.807, 2.05) is 0 Å². The zero-order valence-electron chi connectivity index (χ0n) is 43.1. The van der Waals surface area contributed by atoms with Crippen LogP contribution in [-0.2, 0) is 13.2 Å². The van der Waals surface area contributed by atoms with Crippen molar-refractivity contribution in [2.45, 2.75) is 150 Å². The van der Waals surface area contributed by atoms with Gasteiger partial charge in [0.25, 0.3) is 0 Å². The number of hydrogen-bond acceptors (Lipinski definition) is 6. The van der Waals surface area contributed by atoms with Crippen LogP contribution >= 0.6 is 23.2 Å². The zero-order chi connectivity index (χ0) is 52.4. The molecule has 0 aliphatic heterocycles. The monoisotopic (exact) mass is 1040 g/mol. The van der Waals surface area contributed by atoms with E-state index in [1.165, 1.54) is 101 Å². The van der Waals surface area contributed by atoms with E-state index in [-0.39, 0.29) is 57.0 Å². The Morgan fingerprint density at radius 2 is 1.12 bits per heavy atom. The van der Waals surface area contributed by atoms with Gasteiger partial charge in [-0.2, -0.15) is 0 Å². The van der Waals surface area contributed by atoms with Gasteiger partial charge in [0.15, 0.2) is 11.5 Å². The molecule has 4 aromatic carbocycles. The molecule has 4 N–H and O–H groups in total. The summed E-state index contributed by atoms with van der Waals surface area (Å²) in [5.41, 5.74) is 3.09. The second-order valence-electron chi connectivity index (χ2n) is 23.3. The van der Waals surface area contributed by atoms with Gasteiger partial charge in [-0.1, -0.05) is 114 Å². The molecule has 1 unspecified atom stereocenters. The molecule has 4 saturated carbocycles. The number of fused-ring (bicyclic) bond motifs is 5. The van der Waals surface area contributed by atoms with Gasteiger partial charge in [-0.05, 0) is 193 Å². The molecule has 392 valence electrons. The molecule has 12 heteroatoms. The quantitative estimate of drug-likeness (QED) is 0.0630. The summed E-state index contributed by atoms with van der Waals surface area (Å²) in [5, 5.41) is 40.0. The van der Waals surface area contributed by atoms with Crippen molar-refractivity contribution in [1.29, 1.82) is 0 Å². The van der Waals surface area contributed by atoms with Crippen LogP contribution in [0.3, 0.4) is 0 Å². The van der Waals surface area contributed by atoms with Gasteiger partial charge in [-0.25, -0.2) is 19.2 Å². The van der Waals surface area contributed by atoms with Crippen molar-refractivity contribution in [2.24, 2.45) is 58.2 Å². The average Bonchev–Trinajstić information content (AvgIpc) is 3.71. The summed E-state index contributed by atoms with van der Waals surface area (Å²) < 4.78 is 12.0. The molecule has 0 saturated heterocycles. The van der Waals surface area contributed by atoms with Crippen LogP contribution < -0.4 is 9.47 Å². The molecule has 4 aliphatic rings. The minimum Gasteiger partial charge on any atom is -0.486 e. The molecule has 0 bridgehead atoms. The first-order valence-corrected chi connectivity index (χ1v) is 27.6. The summed E-state index contributed by atoms with van der Waals surface area (Å²) in [6.07, 6.45) is 18.2. The van der Waals surface area contributed by atoms with Gasteiger partial charge in [0.05, 0.1) is 21.2 Å². The van der Waals surface area contributed by atoms with Crippen molar-refractivity contribution in [3.63, 3.8) is 0 Å². The van der Waals surface area contributed by atoms with Gasteiger partial charge in [0.2, 0.25) is 0 Å². The molecule has 0 spiro atoms. The van der Waals surface area contributed by atoms with E-state index in [1.54, 1.807) is 48.5 Å². The molecule has 8 rings (SSSR count). The van der Waals surface area contributed by atoms with Crippen LogP contribution in [0.1, 0.15) is 201 Å². The lowest BCUT2D eigenvalue weighted by Gasteiger charge is -2.61. The lowest BCUT2D eigenvalue weighted by Crippen LogP contribution is -2.53. The second-order valence-corrected chi connectivity index (χ2v) is 24.1. The lowest BCUT2D eigenvalue weighted by atomic mass is 9.44. The van der Waals surface area contributed by atoms with E-state index in [2.05, 4.69) is 34.6 Å². The number of rotatable bonds is 21. The first-order valence-electron chi connectivity index (χ1n) is 26.8. The maximum absolute atomic E-state index is 13.0. The minimum atomic E-state index is -1.26. The first-order chi connectivity index (χ1) is 34.8. The van der Waals surface area contributed by atoms with Crippen LogP contribution in [0.15, 0.2) is 72.8 Å². The Morgan fingerprint density at radius 1 is 0.603 bits per heavy atom. The van der Waals surface area contributed by atoms with Crippen molar-refractivity contribution >= 4 is 47.1 Å². The Labute approximate surface area is 441 Å². The van der Waals surface area contributed by atoms with Gasteiger partial charge in [0.1, 0.15) is 24.3 Å². The number of carboxylic acid groups (broad SMARTS) is 4. The smallest absolute Gasteiger partial charge is 0.339 e. The summed E-state index contributed by atoms with van der Waals surface area (Å²) in [6.45, 7) is 12.4. The Morgan fingerprint density at radius 3 is 1.63 bits per heavy atom. The lowest BCUT2D eigenvalue weighted by molar-refractivity contribution is -0.121. The molecule has 0 radical (unpaired) electrons. The van der Waals surface area contributed by atoms with Gasteiger partial charge < -0.3 is 29.9 Å². The number of carboxylic acids is 4. The van der Waals surface area contributed by atoms with Crippen LogP contribution in [-0.4, -0.2) is 44.3 Å². The van der Waals surface area contributed by atoms with Crippen molar-refractivity contribution < 1.29 is 49.1 Å². The highest BCUT2D eigenvalue weighted by Crippen LogP contribution is 2.69. The predicted molar refractivity (Wildman–Crippen MR) is 285 cm³/mol. The van der Waals surface area contributed by atoms with E-state index in [9.17, 15) is 39.6 Å². The SMILES string of the molecule is CC(C)CCCC(C)[C@H]1CC[C@H]2[C@@H]3CC[C@H]4C[C@@H](CCCC(c5cc(Cl)c(OCc6ccc(C(=O)O)cc6)c(C(=O)O)c5)c5cc(Cl)c(OCc6ccc(C(=O)O)cc6)c(C(=O)O)c5)CC[C@]4(C)[C@H]3CC[C@]12C. The van der Waals surface area contributed by atoms with E-state index in [4.69, 9.17) is 32.7 Å². The van der Waals surface area contributed by atoms with Crippen LogP contribution in [0.2, 0.25) is 10.0 Å². The fourth-order valence-corrected chi connectivity index (χ4v) is 15.4. The number of benzene rings is 4. The van der Waals surface area contributed by atoms with Crippen molar-refractivity contribution in [2.75, 3.05) is 0 Å². The fraction of sp³-hybridized carbons (Fsp3) is 0.541. The molecule has 10 nitrogen and oxygen atoms in total. The maximum atomic E-state index is 13.0. The first kappa shape index (κ1) is 54.2. The molecule has 4 aromatic rings. The van der Waals surface area contributed by atoms with Crippen molar-refractivity contribution in [3.05, 3.63) is 127 Å². The van der Waals surface area contributed by atoms with Gasteiger partial charge >= 0.3 is 23.9 Å². The minimum absolute atomic E-state index is 0.0367. The molecule has 4 fully saturated rings. The maximum Gasteiger partial charge on any atom is 0.339 e. The topological polar surface area (TPSA) is 168 Å². The molecule has 9 atom stereocenters. The van der Waals surface area contributed by atoms with Crippen molar-refractivity contribution in [3.8, 4) is 11.5 Å². The van der Waals surface area contributed by atoms with Gasteiger partial charge in [-0.15, -0.1) is 0 Å². The Balaban J connectivity index is 1.00. The zero-order valence-corrected chi connectivity index (χ0v) is 44.7. The number of hydrogen-bond donors (Lipinski definition) is 4. The third-order valence-corrected chi connectivity index (χ3v) is 19.2. The summed E-state index contributed by atoms with van der Waals surface area (Å²) in [7, 11) is 0. The summed E-state index contributed by atoms with van der Waals surface area (Å²) in [4.78, 5) is 48.8. The molecule has 0 amide bonds. The summed E-state index contributed by atoms with van der Waals surface area (Å²) >= 11 is 13.9.